The minimum atomic E-state index is -3.42. The second-order valence-corrected chi connectivity index (χ2v) is 9.01. The number of thioether (sulfide) groups is 1. The molecular formula is C18H20N2O3S2. The number of carbonyl (C=O) groups excluding carboxylic acids is 1. The first-order valence-electron chi connectivity index (χ1n) is 8.07. The molecule has 0 saturated heterocycles. The fourth-order valence-corrected chi connectivity index (χ4v) is 4.73. The predicted molar refractivity (Wildman–Crippen MR) is 99.9 cm³/mol. The standard InChI is InChI=1S/C18H20N2O3S2/c21-18(17-12-15-8-4-5-9-16(15)24-17)19-10-11-25(22,23)20-13-14-6-2-1-3-7-14/h1-9,17,20H,10-13H2,(H,19,21). The first kappa shape index (κ1) is 18.0. The van der Waals surface area contributed by atoms with Crippen LogP contribution in [-0.2, 0) is 27.8 Å². The Hall–Kier alpha value is -1.83. The van der Waals surface area contributed by atoms with Crippen molar-refractivity contribution in [3.8, 4) is 0 Å². The molecule has 25 heavy (non-hydrogen) atoms. The normalized spacial score (nSPS) is 16.4. The van der Waals surface area contributed by atoms with Gasteiger partial charge in [-0.25, -0.2) is 13.1 Å². The number of hydrogen-bond acceptors (Lipinski definition) is 4. The Morgan fingerprint density at radius 1 is 1.08 bits per heavy atom. The van der Waals surface area contributed by atoms with E-state index in [2.05, 4.69) is 10.0 Å². The van der Waals surface area contributed by atoms with Crippen LogP contribution in [0.2, 0.25) is 0 Å². The Labute approximate surface area is 152 Å². The van der Waals surface area contributed by atoms with Gasteiger partial charge in [0, 0.05) is 18.0 Å². The third-order valence-electron chi connectivity index (χ3n) is 3.95. The third-order valence-corrected chi connectivity index (χ3v) is 6.59. The van der Waals surface area contributed by atoms with Crippen molar-refractivity contribution in [2.45, 2.75) is 23.1 Å². The fourth-order valence-electron chi connectivity index (χ4n) is 2.61. The van der Waals surface area contributed by atoms with Gasteiger partial charge < -0.3 is 5.32 Å². The summed E-state index contributed by atoms with van der Waals surface area (Å²) in [5.41, 5.74) is 2.07. The van der Waals surface area contributed by atoms with Gasteiger partial charge in [0.1, 0.15) is 0 Å². The number of carbonyl (C=O) groups is 1. The summed E-state index contributed by atoms with van der Waals surface area (Å²) in [6, 6.07) is 17.3. The van der Waals surface area contributed by atoms with Crippen LogP contribution < -0.4 is 10.0 Å². The molecular weight excluding hydrogens is 356 g/mol. The first-order valence-corrected chi connectivity index (χ1v) is 10.6. The fraction of sp³-hybridized carbons (Fsp3) is 0.278. The van der Waals surface area contributed by atoms with E-state index >= 15 is 0 Å². The van der Waals surface area contributed by atoms with Gasteiger partial charge >= 0.3 is 0 Å². The van der Waals surface area contributed by atoms with Crippen molar-refractivity contribution in [3.05, 3.63) is 65.7 Å². The second kappa shape index (κ2) is 8.03. The van der Waals surface area contributed by atoms with Crippen LogP contribution in [0.3, 0.4) is 0 Å². The Bertz CT molecular complexity index is 813. The second-order valence-electron chi connectivity index (χ2n) is 5.83. The zero-order chi connectivity index (χ0) is 17.7. The maximum absolute atomic E-state index is 12.2. The van der Waals surface area contributed by atoms with Gasteiger partial charge in [-0.1, -0.05) is 48.5 Å². The van der Waals surface area contributed by atoms with Crippen LogP contribution >= 0.6 is 11.8 Å². The number of benzene rings is 2. The minimum Gasteiger partial charge on any atom is -0.354 e. The van der Waals surface area contributed by atoms with Crippen LogP contribution in [0.5, 0.6) is 0 Å². The quantitative estimate of drug-likeness (QED) is 0.774. The smallest absolute Gasteiger partial charge is 0.233 e. The van der Waals surface area contributed by atoms with Gasteiger partial charge in [-0.05, 0) is 23.6 Å². The molecule has 2 aromatic carbocycles. The van der Waals surface area contributed by atoms with Crippen LogP contribution in [0, 0.1) is 0 Å². The molecule has 2 aromatic rings. The highest BCUT2D eigenvalue weighted by Crippen LogP contribution is 2.36. The molecule has 5 nitrogen and oxygen atoms in total. The summed E-state index contributed by atoms with van der Waals surface area (Å²) < 4.78 is 26.6. The molecule has 1 amide bonds. The minimum absolute atomic E-state index is 0.108. The van der Waals surface area contributed by atoms with Gasteiger partial charge in [0.05, 0.1) is 11.0 Å². The van der Waals surface area contributed by atoms with Crippen molar-refractivity contribution in [1.29, 1.82) is 0 Å². The van der Waals surface area contributed by atoms with E-state index in [1.807, 2.05) is 54.6 Å². The third kappa shape index (κ3) is 5.07. The highest BCUT2D eigenvalue weighted by Gasteiger charge is 2.27. The Balaban J connectivity index is 1.42. The van der Waals surface area contributed by atoms with E-state index in [1.165, 1.54) is 17.3 Å². The van der Waals surface area contributed by atoms with E-state index in [4.69, 9.17) is 0 Å². The number of fused-ring (bicyclic) bond motifs is 1. The highest BCUT2D eigenvalue weighted by atomic mass is 32.2. The van der Waals surface area contributed by atoms with E-state index in [-0.39, 0.29) is 30.0 Å². The van der Waals surface area contributed by atoms with Gasteiger partial charge in [0.2, 0.25) is 15.9 Å². The van der Waals surface area contributed by atoms with Gasteiger partial charge in [0.25, 0.3) is 0 Å². The topological polar surface area (TPSA) is 75.3 Å². The summed E-state index contributed by atoms with van der Waals surface area (Å²) in [7, 11) is -3.42. The molecule has 3 rings (SSSR count). The predicted octanol–water partition coefficient (Wildman–Crippen LogP) is 1.94. The summed E-state index contributed by atoms with van der Waals surface area (Å²) in [6.07, 6.45) is 0.686. The molecule has 1 heterocycles. The number of rotatable bonds is 7. The van der Waals surface area contributed by atoms with E-state index in [1.54, 1.807) is 0 Å². The van der Waals surface area contributed by atoms with Gasteiger partial charge in [-0.2, -0.15) is 0 Å². The molecule has 0 fully saturated rings. The summed E-state index contributed by atoms with van der Waals surface area (Å²) in [5.74, 6) is -0.241. The van der Waals surface area contributed by atoms with Crippen molar-refractivity contribution in [2.75, 3.05) is 12.3 Å². The maximum Gasteiger partial charge on any atom is 0.233 e. The van der Waals surface area contributed by atoms with Crippen LogP contribution in [0.25, 0.3) is 0 Å². The zero-order valence-electron chi connectivity index (χ0n) is 13.6. The highest BCUT2D eigenvalue weighted by molar-refractivity contribution is 8.01. The maximum atomic E-state index is 12.2. The van der Waals surface area contributed by atoms with Gasteiger partial charge in [-0.15, -0.1) is 11.8 Å². The molecule has 7 heteroatoms. The monoisotopic (exact) mass is 376 g/mol. The molecule has 0 aromatic heterocycles. The van der Waals surface area contributed by atoms with Crippen LogP contribution in [0.4, 0.5) is 0 Å². The summed E-state index contributed by atoms with van der Waals surface area (Å²) in [6.45, 7) is 0.362. The molecule has 0 saturated carbocycles. The number of hydrogen-bond donors (Lipinski definition) is 2. The number of amides is 1. The number of nitrogens with one attached hydrogen (secondary N) is 2. The van der Waals surface area contributed by atoms with E-state index in [0.29, 0.717) is 6.42 Å². The van der Waals surface area contributed by atoms with E-state index in [0.717, 1.165) is 10.5 Å². The Morgan fingerprint density at radius 3 is 2.56 bits per heavy atom. The molecule has 0 aliphatic carbocycles. The molecule has 1 aliphatic heterocycles. The summed E-state index contributed by atoms with van der Waals surface area (Å²) in [4.78, 5) is 13.4. The molecule has 1 aliphatic rings. The summed E-state index contributed by atoms with van der Waals surface area (Å²) in [5, 5.41) is 2.55. The average molecular weight is 377 g/mol. The van der Waals surface area contributed by atoms with Crippen molar-refractivity contribution in [1.82, 2.24) is 10.0 Å². The van der Waals surface area contributed by atoms with Crippen LogP contribution in [0.15, 0.2) is 59.5 Å². The molecule has 0 radical (unpaired) electrons. The lowest BCUT2D eigenvalue weighted by atomic mass is 10.1. The van der Waals surface area contributed by atoms with E-state index < -0.39 is 10.0 Å². The Kier molecular flexibility index (Phi) is 5.78. The van der Waals surface area contributed by atoms with E-state index in [9.17, 15) is 13.2 Å². The molecule has 2 N–H and O–H groups in total. The SMILES string of the molecule is O=C(NCCS(=O)(=O)NCc1ccccc1)C1Cc2ccccc2S1. The Morgan fingerprint density at radius 2 is 1.80 bits per heavy atom. The molecule has 1 atom stereocenters. The van der Waals surface area contributed by atoms with Crippen molar-refractivity contribution in [3.63, 3.8) is 0 Å². The van der Waals surface area contributed by atoms with Crippen molar-refractivity contribution >= 4 is 27.7 Å². The van der Waals surface area contributed by atoms with Gasteiger partial charge in [-0.3, -0.25) is 4.79 Å². The zero-order valence-corrected chi connectivity index (χ0v) is 15.3. The lowest BCUT2D eigenvalue weighted by molar-refractivity contribution is -0.120. The largest absolute Gasteiger partial charge is 0.354 e. The van der Waals surface area contributed by atoms with Gasteiger partial charge in [0.15, 0.2) is 0 Å². The molecule has 0 spiro atoms. The number of sulfonamides is 1. The van der Waals surface area contributed by atoms with Crippen molar-refractivity contribution < 1.29 is 13.2 Å². The molecule has 132 valence electrons. The van der Waals surface area contributed by atoms with Crippen LogP contribution in [-0.4, -0.2) is 31.9 Å². The van der Waals surface area contributed by atoms with Crippen molar-refractivity contribution in [2.24, 2.45) is 0 Å². The molecule has 1 unspecified atom stereocenters. The first-order chi connectivity index (χ1) is 12.0. The average Bonchev–Trinajstić information content (AvgIpc) is 3.05. The lowest BCUT2D eigenvalue weighted by Crippen LogP contribution is -2.38. The van der Waals surface area contributed by atoms with Crippen LogP contribution in [0.1, 0.15) is 11.1 Å². The summed E-state index contributed by atoms with van der Waals surface area (Å²) >= 11 is 1.53. The lowest BCUT2D eigenvalue weighted by Gasteiger charge is -2.11. The molecule has 0 bridgehead atoms.